The first-order valence-corrected chi connectivity index (χ1v) is 5.35. The molecule has 0 saturated carbocycles. The Labute approximate surface area is 93.4 Å². The molecule has 1 fully saturated rings. The molecule has 0 unspecified atom stereocenters. The van der Waals surface area contributed by atoms with Crippen LogP contribution in [0, 0.1) is 0 Å². The van der Waals surface area contributed by atoms with Gasteiger partial charge in [-0.25, -0.2) is 0 Å². The van der Waals surface area contributed by atoms with Crippen LogP contribution in [0.4, 0.5) is 0 Å². The van der Waals surface area contributed by atoms with Crippen LogP contribution >= 0.6 is 0 Å². The van der Waals surface area contributed by atoms with Crippen LogP contribution in [0.3, 0.4) is 0 Å². The largest absolute Gasteiger partial charge is 0.480 e. The summed E-state index contributed by atoms with van der Waals surface area (Å²) in [5, 5.41) is 9.30. The molecule has 1 aromatic rings. The third-order valence-corrected chi connectivity index (χ3v) is 3.53. The van der Waals surface area contributed by atoms with Crippen molar-refractivity contribution >= 4 is 5.97 Å². The molecule has 4 nitrogen and oxygen atoms in total. The van der Waals surface area contributed by atoms with Crippen molar-refractivity contribution in [3.05, 3.63) is 35.4 Å². The SMILES string of the molecule is O=C(O)C1(N2Cc3ccccc3C2)COC1. The highest BCUT2D eigenvalue weighted by atomic mass is 16.5. The molecule has 0 bridgehead atoms. The first kappa shape index (κ1) is 9.81. The molecule has 2 heterocycles. The summed E-state index contributed by atoms with van der Waals surface area (Å²) >= 11 is 0. The molecule has 84 valence electrons. The molecule has 4 heteroatoms. The van der Waals surface area contributed by atoms with E-state index in [-0.39, 0.29) is 0 Å². The van der Waals surface area contributed by atoms with E-state index >= 15 is 0 Å². The van der Waals surface area contributed by atoms with Gasteiger partial charge in [-0.3, -0.25) is 9.69 Å². The third kappa shape index (κ3) is 1.20. The second-order valence-corrected chi connectivity index (χ2v) is 4.45. The highest BCUT2D eigenvalue weighted by Crippen LogP contribution is 2.34. The molecule has 0 atom stereocenters. The number of aliphatic carboxylic acids is 1. The van der Waals surface area contributed by atoms with E-state index in [2.05, 4.69) is 12.1 Å². The average Bonchev–Trinajstić information content (AvgIpc) is 2.58. The summed E-state index contributed by atoms with van der Waals surface area (Å²) in [5.74, 6) is -0.772. The third-order valence-electron chi connectivity index (χ3n) is 3.53. The van der Waals surface area contributed by atoms with Gasteiger partial charge < -0.3 is 9.84 Å². The molecule has 1 N–H and O–H groups in total. The lowest BCUT2D eigenvalue weighted by Crippen LogP contribution is -2.65. The Morgan fingerprint density at radius 2 is 1.81 bits per heavy atom. The minimum atomic E-state index is -0.793. The predicted octanol–water partition coefficient (Wildman–Crippen LogP) is 0.856. The first-order chi connectivity index (χ1) is 7.72. The molecular weight excluding hydrogens is 206 g/mol. The number of rotatable bonds is 2. The van der Waals surface area contributed by atoms with E-state index in [0.717, 1.165) is 0 Å². The molecule has 0 spiro atoms. The second kappa shape index (κ2) is 3.30. The van der Waals surface area contributed by atoms with Crippen LogP contribution in [0.2, 0.25) is 0 Å². The van der Waals surface area contributed by atoms with Crippen molar-refractivity contribution < 1.29 is 14.6 Å². The fraction of sp³-hybridized carbons (Fsp3) is 0.417. The van der Waals surface area contributed by atoms with Crippen LogP contribution in [0.15, 0.2) is 24.3 Å². The highest BCUT2D eigenvalue weighted by molar-refractivity contribution is 5.80. The highest BCUT2D eigenvalue weighted by Gasteiger charge is 2.52. The van der Waals surface area contributed by atoms with Crippen molar-refractivity contribution in [3.8, 4) is 0 Å². The van der Waals surface area contributed by atoms with Gasteiger partial charge in [0.05, 0.1) is 13.2 Å². The Kier molecular flexibility index (Phi) is 2.02. The Morgan fingerprint density at radius 1 is 1.25 bits per heavy atom. The number of benzene rings is 1. The number of carbonyl (C=O) groups is 1. The Morgan fingerprint density at radius 3 is 2.19 bits per heavy atom. The number of carboxylic acid groups (broad SMARTS) is 1. The summed E-state index contributed by atoms with van der Waals surface area (Å²) < 4.78 is 5.09. The summed E-state index contributed by atoms with van der Waals surface area (Å²) in [5.41, 5.74) is 1.67. The molecule has 1 aromatic carbocycles. The van der Waals surface area contributed by atoms with Crippen molar-refractivity contribution in [1.29, 1.82) is 0 Å². The minimum absolute atomic E-state index is 0.302. The van der Waals surface area contributed by atoms with Crippen LogP contribution in [0.5, 0.6) is 0 Å². The van der Waals surface area contributed by atoms with E-state index in [1.165, 1.54) is 11.1 Å². The number of hydrogen-bond donors (Lipinski definition) is 1. The Bertz CT molecular complexity index is 415. The zero-order valence-electron chi connectivity index (χ0n) is 8.85. The average molecular weight is 219 g/mol. The molecule has 0 aromatic heterocycles. The minimum Gasteiger partial charge on any atom is -0.480 e. The maximum atomic E-state index is 11.3. The van der Waals surface area contributed by atoms with Crippen LogP contribution in [0.25, 0.3) is 0 Å². The quantitative estimate of drug-likeness (QED) is 0.801. The number of nitrogens with zero attached hydrogens (tertiary/aromatic N) is 1. The lowest BCUT2D eigenvalue weighted by molar-refractivity contribution is -0.188. The topological polar surface area (TPSA) is 49.8 Å². The molecule has 2 aliphatic rings. The number of carboxylic acids is 1. The standard InChI is InChI=1S/C12H13NO3/c14-11(15)12(7-16-8-12)13-5-9-3-1-2-4-10(9)6-13/h1-4H,5-8H2,(H,14,15). The van der Waals surface area contributed by atoms with E-state index in [4.69, 9.17) is 4.74 Å². The van der Waals surface area contributed by atoms with Gasteiger partial charge in [0, 0.05) is 13.1 Å². The van der Waals surface area contributed by atoms with Gasteiger partial charge in [-0.1, -0.05) is 24.3 Å². The normalized spacial score (nSPS) is 22.5. The zero-order chi connectivity index (χ0) is 11.2. The van der Waals surface area contributed by atoms with Gasteiger partial charge in [0.25, 0.3) is 0 Å². The van der Waals surface area contributed by atoms with E-state index in [0.29, 0.717) is 26.3 Å². The van der Waals surface area contributed by atoms with Gasteiger partial charge >= 0.3 is 5.97 Å². The predicted molar refractivity (Wildman–Crippen MR) is 56.9 cm³/mol. The van der Waals surface area contributed by atoms with Crippen LogP contribution < -0.4 is 0 Å². The fourth-order valence-electron chi connectivity index (χ4n) is 2.37. The number of fused-ring (bicyclic) bond motifs is 1. The Hall–Kier alpha value is -1.39. The van der Waals surface area contributed by atoms with E-state index in [1.807, 2.05) is 17.0 Å². The van der Waals surface area contributed by atoms with Crippen molar-refractivity contribution in [3.63, 3.8) is 0 Å². The van der Waals surface area contributed by atoms with E-state index < -0.39 is 11.5 Å². The molecule has 1 saturated heterocycles. The van der Waals surface area contributed by atoms with Gasteiger partial charge in [0.1, 0.15) is 0 Å². The van der Waals surface area contributed by atoms with Crippen molar-refractivity contribution in [2.75, 3.05) is 13.2 Å². The summed E-state index contributed by atoms with van der Waals surface area (Å²) in [4.78, 5) is 13.3. The van der Waals surface area contributed by atoms with Gasteiger partial charge in [-0.2, -0.15) is 0 Å². The maximum Gasteiger partial charge on any atom is 0.329 e. The molecule has 16 heavy (non-hydrogen) atoms. The lowest BCUT2D eigenvalue weighted by Gasteiger charge is -2.44. The second-order valence-electron chi connectivity index (χ2n) is 4.45. The fourth-order valence-corrected chi connectivity index (χ4v) is 2.37. The molecule has 3 rings (SSSR count). The molecular formula is C12H13NO3. The summed E-state index contributed by atoms with van der Waals surface area (Å²) in [7, 11) is 0. The van der Waals surface area contributed by atoms with Crippen molar-refractivity contribution in [2.45, 2.75) is 18.6 Å². The van der Waals surface area contributed by atoms with Crippen LogP contribution in [0.1, 0.15) is 11.1 Å². The summed E-state index contributed by atoms with van der Waals surface area (Å²) in [6.45, 7) is 2.03. The van der Waals surface area contributed by atoms with E-state index in [1.54, 1.807) is 0 Å². The van der Waals surface area contributed by atoms with Crippen LogP contribution in [-0.2, 0) is 22.6 Å². The lowest BCUT2D eigenvalue weighted by atomic mass is 9.95. The summed E-state index contributed by atoms with van der Waals surface area (Å²) in [6, 6.07) is 8.11. The molecule has 0 aliphatic carbocycles. The molecule has 0 amide bonds. The Balaban J connectivity index is 1.88. The molecule has 2 aliphatic heterocycles. The monoisotopic (exact) mass is 219 g/mol. The van der Waals surface area contributed by atoms with E-state index in [9.17, 15) is 9.90 Å². The number of ether oxygens (including phenoxy) is 1. The zero-order valence-corrected chi connectivity index (χ0v) is 8.85. The number of hydrogen-bond acceptors (Lipinski definition) is 3. The van der Waals surface area contributed by atoms with Gasteiger partial charge in [-0.15, -0.1) is 0 Å². The summed E-state index contributed by atoms with van der Waals surface area (Å²) in [6.07, 6.45) is 0. The van der Waals surface area contributed by atoms with Gasteiger partial charge in [0.2, 0.25) is 0 Å². The smallest absolute Gasteiger partial charge is 0.329 e. The molecule has 0 radical (unpaired) electrons. The van der Waals surface area contributed by atoms with Gasteiger partial charge in [0.15, 0.2) is 5.54 Å². The van der Waals surface area contributed by atoms with Crippen molar-refractivity contribution in [2.24, 2.45) is 0 Å². The van der Waals surface area contributed by atoms with Gasteiger partial charge in [-0.05, 0) is 11.1 Å². The van der Waals surface area contributed by atoms with Crippen molar-refractivity contribution in [1.82, 2.24) is 4.90 Å². The first-order valence-electron chi connectivity index (χ1n) is 5.35. The van der Waals surface area contributed by atoms with Crippen LogP contribution in [-0.4, -0.2) is 34.7 Å². The maximum absolute atomic E-state index is 11.3.